The molecule has 0 bridgehead atoms. The van der Waals surface area contributed by atoms with Gasteiger partial charge in [0.05, 0.1) is 6.61 Å². The first-order valence-electron chi connectivity index (χ1n) is 10.1. The summed E-state index contributed by atoms with van der Waals surface area (Å²) in [5.74, 6) is 0.115. The van der Waals surface area contributed by atoms with Crippen LogP contribution in [0.2, 0.25) is 0 Å². The molecule has 0 saturated carbocycles. The smallest absolute Gasteiger partial charge is 0.409 e. The van der Waals surface area contributed by atoms with Crippen molar-refractivity contribution < 1.29 is 19.1 Å². The highest BCUT2D eigenvalue weighted by Crippen LogP contribution is 2.14. The van der Waals surface area contributed by atoms with Crippen LogP contribution in [0.5, 0.6) is 0 Å². The second-order valence-corrected chi connectivity index (χ2v) is 7.05. The molecule has 1 aromatic carbocycles. The molecule has 160 valence electrons. The maximum atomic E-state index is 12.8. The van der Waals surface area contributed by atoms with Crippen molar-refractivity contribution in [3.05, 3.63) is 47.7 Å². The maximum Gasteiger partial charge on any atom is 0.409 e. The number of rotatable bonds is 6. The first-order chi connectivity index (χ1) is 14.5. The van der Waals surface area contributed by atoms with Gasteiger partial charge in [-0.2, -0.15) is 5.10 Å². The Hall–Kier alpha value is -3.36. The molecule has 1 aliphatic rings. The van der Waals surface area contributed by atoms with Gasteiger partial charge in [0.25, 0.3) is 5.91 Å². The van der Waals surface area contributed by atoms with Crippen LogP contribution in [0.4, 0.5) is 10.6 Å². The normalized spacial score (nSPS) is 13.8. The van der Waals surface area contributed by atoms with Crippen molar-refractivity contribution in [1.82, 2.24) is 19.6 Å². The van der Waals surface area contributed by atoms with Crippen molar-refractivity contribution in [2.24, 2.45) is 7.05 Å². The lowest BCUT2D eigenvalue weighted by molar-refractivity contribution is -0.116. The van der Waals surface area contributed by atoms with Crippen LogP contribution >= 0.6 is 0 Å². The third-order valence-corrected chi connectivity index (χ3v) is 4.94. The molecular weight excluding hydrogens is 386 g/mol. The molecule has 1 fully saturated rings. The topological polar surface area (TPSA) is 96.8 Å². The predicted octanol–water partition coefficient (Wildman–Crippen LogP) is 1.91. The summed E-state index contributed by atoms with van der Waals surface area (Å²) in [6, 6.07) is 11.4. The standard InChI is InChI=1S/C21H27N5O4/c1-3-30-21(29)26-13-11-25(12-14-26)20(28)17-15-18(24(2)23-17)22-19(27)10-9-16-7-5-4-6-8-16/h4-8,15H,3,9-14H2,1-2H3,(H,22,27). The first-order valence-corrected chi connectivity index (χ1v) is 10.1. The molecule has 9 nitrogen and oxygen atoms in total. The van der Waals surface area contributed by atoms with E-state index in [1.807, 2.05) is 30.3 Å². The number of amides is 3. The third-order valence-electron chi connectivity index (χ3n) is 4.94. The summed E-state index contributed by atoms with van der Waals surface area (Å²) in [7, 11) is 1.68. The summed E-state index contributed by atoms with van der Waals surface area (Å²) in [5, 5.41) is 7.06. The van der Waals surface area contributed by atoms with E-state index >= 15 is 0 Å². The minimum absolute atomic E-state index is 0.135. The van der Waals surface area contributed by atoms with Gasteiger partial charge in [-0.25, -0.2) is 4.79 Å². The Bertz CT molecular complexity index is 888. The predicted molar refractivity (Wildman–Crippen MR) is 111 cm³/mol. The number of benzene rings is 1. The van der Waals surface area contributed by atoms with Crippen molar-refractivity contribution in [2.75, 3.05) is 38.1 Å². The summed E-state index contributed by atoms with van der Waals surface area (Å²) in [6.45, 7) is 3.74. The van der Waals surface area contributed by atoms with E-state index in [2.05, 4.69) is 10.4 Å². The Morgan fingerprint density at radius 1 is 1.07 bits per heavy atom. The van der Waals surface area contributed by atoms with E-state index in [0.717, 1.165) is 5.56 Å². The minimum Gasteiger partial charge on any atom is -0.450 e. The minimum atomic E-state index is -0.358. The number of hydrogen-bond acceptors (Lipinski definition) is 5. The maximum absolute atomic E-state index is 12.8. The molecule has 0 unspecified atom stereocenters. The Labute approximate surface area is 175 Å². The molecular formula is C21H27N5O4. The third kappa shape index (κ3) is 5.37. The number of carbonyl (C=O) groups excluding carboxylic acids is 3. The molecule has 0 radical (unpaired) electrons. The van der Waals surface area contributed by atoms with Crippen LogP contribution in [0.25, 0.3) is 0 Å². The Morgan fingerprint density at radius 3 is 2.40 bits per heavy atom. The summed E-state index contributed by atoms with van der Waals surface area (Å²) in [4.78, 5) is 40.1. The number of aromatic nitrogens is 2. The van der Waals surface area contributed by atoms with Crippen molar-refractivity contribution in [1.29, 1.82) is 0 Å². The molecule has 30 heavy (non-hydrogen) atoms. The van der Waals surface area contributed by atoms with Gasteiger partial charge in [-0.15, -0.1) is 0 Å². The largest absolute Gasteiger partial charge is 0.450 e. The van der Waals surface area contributed by atoms with Crippen LogP contribution in [0.15, 0.2) is 36.4 Å². The quantitative estimate of drug-likeness (QED) is 0.780. The fraction of sp³-hybridized carbons (Fsp3) is 0.429. The zero-order valence-electron chi connectivity index (χ0n) is 17.3. The van der Waals surface area contributed by atoms with Crippen molar-refractivity contribution in [3.63, 3.8) is 0 Å². The van der Waals surface area contributed by atoms with E-state index in [1.54, 1.807) is 29.8 Å². The number of anilines is 1. The fourth-order valence-electron chi connectivity index (χ4n) is 3.27. The van der Waals surface area contributed by atoms with Gasteiger partial charge >= 0.3 is 6.09 Å². The van der Waals surface area contributed by atoms with Crippen molar-refractivity contribution in [3.8, 4) is 0 Å². The Morgan fingerprint density at radius 2 is 1.73 bits per heavy atom. The van der Waals surface area contributed by atoms with Gasteiger partial charge in [0.15, 0.2) is 5.69 Å². The van der Waals surface area contributed by atoms with Crippen LogP contribution in [0, 0.1) is 0 Å². The lowest BCUT2D eigenvalue weighted by Gasteiger charge is -2.33. The lowest BCUT2D eigenvalue weighted by Crippen LogP contribution is -2.50. The number of hydrogen-bond donors (Lipinski definition) is 1. The molecule has 2 heterocycles. The van der Waals surface area contributed by atoms with Gasteiger partial charge in [-0.05, 0) is 18.9 Å². The van der Waals surface area contributed by atoms with Gasteiger partial charge < -0.3 is 19.9 Å². The first kappa shape index (κ1) is 21.4. The van der Waals surface area contributed by atoms with Crippen LogP contribution in [0.3, 0.4) is 0 Å². The van der Waals surface area contributed by atoms with Crippen LogP contribution in [0.1, 0.15) is 29.4 Å². The second-order valence-electron chi connectivity index (χ2n) is 7.05. The number of nitrogens with zero attached hydrogens (tertiary/aromatic N) is 4. The number of ether oxygens (including phenoxy) is 1. The van der Waals surface area contributed by atoms with E-state index in [0.29, 0.717) is 51.4 Å². The summed E-state index contributed by atoms with van der Waals surface area (Å²) in [5.41, 5.74) is 1.36. The van der Waals surface area contributed by atoms with Crippen LogP contribution < -0.4 is 5.32 Å². The number of aryl methyl sites for hydroxylation is 2. The van der Waals surface area contributed by atoms with Crippen molar-refractivity contribution in [2.45, 2.75) is 19.8 Å². The fourth-order valence-corrected chi connectivity index (χ4v) is 3.27. The van der Waals surface area contributed by atoms with E-state index in [-0.39, 0.29) is 23.6 Å². The number of carbonyl (C=O) groups is 3. The zero-order chi connectivity index (χ0) is 21.5. The average molecular weight is 413 g/mol. The SMILES string of the molecule is CCOC(=O)N1CCN(C(=O)c2cc(NC(=O)CCc3ccccc3)n(C)n2)CC1. The molecule has 0 spiro atoms. The summed E-state index contributed by atoms with van der Waals surface area (Å²) in [6.07, 6.45) is 0.623. The molecule has 2 aromatic rings. The van der Waals surface area contributed by atoms with E-state index < -0.39 is 0 Å². The van der Waals surface area contributed by atoms with Crippen molar-refractivity contribution >= 4 is 23.7 Å². The molecule has 1 N–H and O–H groups in total. The monoisotopic (exact) mass is 413 g/mol. The molecule has 0 atom stereocenters. The molecule has 3 amide bonds. The average Bonchev–Trinajstić information content (AvgIpc) is 3.13. The summed E-state index contributed by atoms with van der Waals surface area (Å²) < 4.78 is 6.48. The second kappa shape index (κ2) is 9.91. The van der Waals surface area contributed by atoms with E-state index in [4.69, 9.17) is 4.74 Å². The molecule has 0 aliphatic carbocycles. The Balaban J connectivity index is 1.53. The molecule has 3 rings (SSSR count). The lowest BCUT2D eigenvalue weighted by atomic mass is 10.1. The zero-order valence-corrected chi connectivity index (χ0v) is 17.3. The highest BCUT2D eigenvalue weighted by atomic mass is 16.6. The van der Waals surface area contributed by atoms with Crippen LogP contribution in [-0.4, -0.2) is 70.3 Å². The highest BCUT2D eigenvalue weighted by molar-refractivity contribution is 5.95. The molecule has 1 saturated heterocycles. The highest BCUT2D eigenvalue weighted by Gasteiger charge is 2.27. The molecule has 1 aromatic heterocycles. The molecule has 9 heteroatoms. The van der Waals surface area contributed by atoms with Gasteiger partial charge in [-0.1, -0.05) is 30.3 Å². The van der Waals surface area contributed by atoms with E-state index in [9.17, 15) is 14.4 Å². The molecule has 1 aliphatic heterocycles. The Kier molecular flexibility index (Phi) is 7.05. The summed E-state index contributed by atoms with van der Waals surface area (Å²) >= 11 is 0. The number of piperazine rings is 1. The van der Waals surface area contributed by atoms with Gasteiger partial charge in [0.1, 0.15) is 5.82 Å². The van der Waals surface area contributed by atoms with E-state index in [1.165, 1.54) is 4.68 Å². The van der Waals surface area contributed by atoms with Gasteiger partial charge in [0.2, 0.25) is 5.91 Å². The van der Waals surface area contributed by atoms with Crippen LogP contribution in [-0.2, 0) is 23.0 Å². The number of nitrogens with one attached hydrogen (secondary N) is 1. The van der Waals surface area contributed by atoms with Gasteiger partial charge in [0, 0.05) is 45.7 Å². The van der Waals surface area contributed by atoms with Gasteiger partial charge in [-0.3, -0.25) is 14.3 Å².